The standard InChI is InChI=1S/C21H19N3O8/c1-29-15-11-12(10-14(24(27)28)19(15)30-2)17-16(20(25)31-3)18(21(26)32-4)23(22-17)13-8-6-5-7-9-13/h5-11H,1-4H3. The molecule has 0 atom stereocenters. The molecule has 3 rings (SSSR count). The second-order valence-corrected chi connectivity index (χ2v) is 6.29. The van der Waals surface area contributed by atoms with Crippen molar-refractivity contribution in [2.45, 2.75) is 0 Å². The maximum absolute atomic E-state index is 12.7. The summed E-state index contributed by atoms with van der Waals surface area (Å²) in [6.45, 7) is 0. The first-order chi connectivity index (χ1) is 15.4. The molecule has 0 aliphatic heterocycles. The lowest BCUT2D eigenvalue weighted by molar-refractivity contribution is -0.385. The van der Waals surface area contributed by atoms with Crippen LogP contribution in [0.15, 0.2) is 42.5 Å². The van der Waals surface area contributed by atoms with E-state index in [1.807, 2.05) is 0 Å². The van der Waals surface area contributed by atoms with Crippen LogP contribution in [0.2, 0.25) is 0 Å². The highest BCUT2D eigenvalue weighted by molar-refractivity contribution is 6.07. The van der Waals surface area contributed by atoms with Crippen LogP contribution in [0, 0.1) is 10.1 Å². The molecule has 0 spiro atoms. The number of rotatable bonds is 7. The first kappa shape index (κ1) is 22.3. The first-order valence-corrected chi connectivity index (χ1v) is 9.13. The number of carbonyl (C=O) groups excluding carboxylic acids is 2. The molecule has 2 aromatic carbocycles. The van der Waals surface area contributed by atoms with Crippen LogP contribution in [0.4, 0.5) is 5.69 Å². The van der Waals surface area contributed by atoms with E-state index in [4.69, 9.17) is 18.9 Å². The molecule has 3 aromatic rings. The Bertz CT molecular complexity index is 1190. The molecule has 0 saturated carbocycles. The zero-order chi connectivity index (χ0) is 23.4. The number of methoxy groups -OCH3 is 4. The van der Waals surface area contributed by atoms with Gasteiger partial charge in [-0.25, -0.2) is 14.3 Å². The third-order valence-corrected chi connectivity index (χ3v) is 4.58. The minimum absolute atomic E-state index is 0.0369. The molecule has 0 amide bonds. The second-order valence-electron chi connectivity index (χ2n) is 6.29. The molecular formula is C21H19N3O8. The second kappa shape index (κ2) is 9.16. The van der Waals surface area contributed by atoms with Crippen molar-refractivity contribution >= 4 is 17.6 Å². The molecule has 0 saturated heterocycles. The highest BCUT2D eigenvalue weighted by Gasteiger charge is 2.33. The molecule has 0 bridgehead atoms. The van der Waals surface area contributed by atoms with Gasteiger partial charge < -0.3 is 18.9 Å². The molecule has 0 radical (unpaired) electrons. The van der Waals surface area contributed by atoms with Crippen molar-refractivity contribution in [3.05, 3.63) is 63.8 Å². The van der Waals surface area contributed by atoms with Gasteiger partial charge in [-0.1, -0.05) is 18.2 Å². The summed E-state index contributed by atoms with van der Waals surface area (Å²) >= 11 is 0. The van der Waals surface area contributed by atoms with E-state index in [-0.39, 0.29) is 34.0 Å². The molecule has 11 heteroatoms. The number of benzene rings is 2. The van der Waals surface area contributed by atoms with E-state index in [0.29, 0.717) is 5.69 Å². The normalized spacial score (nSPS) is 10.4. The molecule has 1 aromatic heterocycles. The summed E-state index contributed by atoms with van der Waals surface area (Å²) in [5.41, 5.74) is -0.270. The van der Waals surface area contributed by atoms with Gasteiger partial charge in [0.15, 0.2) is 11.4 Å². The van der Waals surface area contributed by atoms with Gasteiger partial charge in [-0.15, -0.1) is 0 Å². The average Bonchev–Trinajstić information content (AvgIpc) is 3.23. The zero-order valence-corrected chi connectivity index (χ0v) is 17.6. The van der Waals surface area contributed by atoms with Gasteiger partial charge in [0, 0.05) is 11.6 Å². The summed E-state index contributed by atoms with van der Waals surface area (Å²) < 4.78 is 21.3. The smallest absolute Gasteiger partial charge is 0.357 e. The molecule has 0 aliphatic carbocycles. The Balaban J connectivity index is 2.42. The van der Waals surface area contributed by atoms with Gasteiger partial charge in [0.2, 0.25) is 5.75 Å². The number of hydrogen-bond donors (Lipinski definition) is 0. The molecule has 0 fully saturated rings. The van der Waals surface area contributed by atoms with Crippen LogP contribution in [-0.4, -0.2) is 55.1 Å². The van der Waals surface area contributed by atoms with E-state index in [1.165, 1.54) is 31.0 Å². The van der Waals surface area contributed by atoms with E-state index >= 15 is 0 Å². The molecule has 0 aliphatic rings. The maximum Gasteiger partial charge on any atom is 0.357 e. The fourth-order valence-corrected chi connectivity index (χ4v) is 3.17. The fraction of sp³-hybridized carbons (Fsp3) is 0.190. The Morgan fingerprint density at radius 1 is 0.969 bits per heavy atom. The lowest BCUT2D eigenvalue weighted by Crippen LogP contribution is -2.15. The van der Waals surface area contributed by atoms with Crippen LogP contribution in [0.3, 0.4) is 0 Å². The SMILES string of the molecule is COC(=O)c1c(-c2cc(OC)c(OC)c([N+](=O)[O-])c2)nn(-c2ccccc2)c1C(=O)OC. The van der Waals surface area contributed by atoms with Crippen LogP contribution in [-0.2, 0) is 9.47 Å². The number of nitrogens with zero attached hydrogens (tertiary/aromatic N) is 3. The van der Waals surface area contributed by atoms with Crippen LogP contribution in [0.1, 0.15) is 20.8 Å². The third kappa shape index (κ3) is 3.83. The van der Waals surface area contributed by atoms with Gasteiger partial charge in [-0.3, -0.25) is 10.1 Å². The van der Waals surface area contributed by atoms with E-state index in [0.717, 1.165) is 14.2 Å². The molecule has 32 heavy (non-hydrogen) atoms. The number of para-hydroxylation sites is 1. The summed E-state index contributed by atoms with van der Waals surface area (Å²) in [4.78, 5) is 36.3. The van der Waals surface area contributed by atoms with Crippen molar-refractivity contribution in [1.29, 1.82) is 0 Å². The van der Waals surface area contributed by atoms with Crippen molar-refractivity contribution in [3.8, 4) is 28.4 Å². The number of esters is 2. The monoisotopic (exact) mass is 441 g/mol. The number of hydrogen-bond acceptors (Lipinski definition) is 9. The van der Waals surface area contributed by atoms with Gasteiger partial charge >= 0.3 is 17.6 Å². The maximum atomic E-state index is 12.7. The Morgan fingerprint density at radius 2 is 1.62 bits per heavy atom. The highest BCUT2D eigenvalue weighted by atomic mass is 16.6. The molecular weight excluding hydrogens is 422 g/mol. The molecule has 0 unspecified atom stereocenters. The largest absolute Gasteiger partial charge is 0.493 e. The Morgan fingerprint density at radius 3 is 2.16 bits per heavy atom. The van der Waals surface area contributed by atoms with E-state index in [2.05, 4.69) is 5.10 Å². The Hall–Kier alpha value is -4.41. The molecule has 1 heterocycles. The highest BCUT2D eigenvalue weighted by Crippen LogP contribution is 2.42. The minimum Gasteiger partial charge on any atom is -0.493 e. The summed E-state index contributed by atoms with van der Waals surface area (Å²) in [7, 11) is 4.88. The van der Waals surface area contributed by atoms with Gasteiger partial charge in [0.25, 0.3) is 0 Å². The zero-order valence-electron chi connectivity index (χ0n) is 17.6. The van der Waals surface area contributed by atoms with Gasteiger partial charge in [-0.2, -0.15) is 5.10 Å². The average molecular weight is 441 g/mol. The lowest BCUT2D eigenvalue weighted by Gasteiger charge is -2.10. The summed E-state index contributed by atoms with van der Waals surface area (Å²) in [5.74, 6) is -1.78. The number of nitro benzene ring substituents is 1. The van der Waals surface area contributed by atoms with Crippen LogP contribution in [0.25, 0.3) is 16.9 Å². The van der Waals surface area contributed by atoms with Crippen molar-refractivity contribution in [2.24, 2.45) is 0 Å². The molecule has 166 valence electrons. The van der Waals surface area contributed by atoms with Crippen molar-refractivity contribution in [2.75, 3.05) is 28.4 Å². The molecule has 0 N–H and O–H groups in total. The number of ether oxygens (including phenoxy) is 4. The van der Waals surface area contributed by atoms with Gasteiger partial charge in [0.1, 0.15) is 11.3 Å². The third-order valence-electron chi connectivity index (χ3n) is 4.58. The van der Waals surface area contributed by atoms with E-state index < -0.39 is 22.5 Å². The number of nitro groups is 1. The van der Waals surface area contributed by atoms with Gasteiger partial charge in [0.05, 0.1) is 39.0 Å². The number of aromatic nitrogens is 2. The van der Waals surface area contributed by atoms with Crippen molar-refractivity contribution < 1.29 is 33.5 Å². The number of carbonyl (C=O) groups is 2. The summed E-state index contributed by atoms with van der Waals surface area (Å²) in [5, 5.41) is 16.1. The van der Waals surface area contributed by atoms with Crippen molar-refractivity contribution in [3.63, 3.8) is 0 Å². The first-order valence-electron chi connectivity index (χ1n) is 9.13. The Labute approximate surface area is 182 Å². The van der Waals surface area contributed by atoms with Crippen LogP contribution >= 0.6 is 0 Å². The fourth-order valence-electron chi connectivity index (χ4n) is 3.17. The van der Waals surface area contributed by atoms with Gasteiger partial charge in [-0.05, 0) is 18.2 Å². The van der Waals surface area contributed by atoms with E-state index in [9.17, 15) is 19.7 Å². The van der Waals surface area contributed by atoms with Crippen LogP contribution < -0.4 is 9.47 Å². The van der Waals surface area contributed by atoms with Crippen LogP contribution in [0.5, 0.6) is 11.5 Å². The lowest BCUT2D eigenvalue weighted by atomic mass is 10.0. The predicted octanol–water partition coefficient (Wildman–Crippen LogP) is 3.04. The summed E-state index contributed by atoms with van der Waals surface area (Å²) in [6.07, 6.45) is 0. The van der Waals surface area contributed by atoms with E-state index in [1.54, 1.807) is 30.3 Å². The van der Waals surface area contributed by atoms with Crippen molar-refractivity contribution in [1.82, 2.24) is 9.78 Å². The molecule has 11 nitrogen and oxygen atoms in total. The quantitative estimate of drug-likeness (QED) is 0.308. The summed E-state index contributed by atoms with van der Waals surface area (Å²) in [6, 6.07) is 11.1. The Kier molecular flexibility index (Phi) is 6.38. The minimum atomic E-state index is -0.875. The topological polar surface area (TPSA) is 132 Å². The predicted molar refractivity (Wildman–Crippen MR) is 111 cm³/mol.